The van der Waals surface area contributed by atoms with Gasteiger partial charge in [-0.1, -0.05) is 41.0 Å². The van der Waals surface area contributed by atoms with Gasteiger partial charge in [0.25, 0.3) is 5.56 Å². The molecule has 1 heterocycles. The van der Waals surface area contributed by atoms with Gasteiger partial charge in [-0.05, 0) is 5.92 Å². The largest absolute Gasteiger partial charge is 0.301 e. The highest BCUT2D eigenvalue weighted by Gasteiger charge is 2.05. The number of halogens is 1. The van der Waals surface area contributed by atoms with Gasteiger partial charge in [0, 0.05) is 23.3 Å². The smallest absolute Gasteiger partial charge is 0.251 e. The van der Waals surface area contributed by atoms with Crippen LogP contribution < -0.4 is 5.56 Å². The van der Waals surface area contributed by atoms with E-state index in [4.69, 9.17) is 0 Å². The van der Waals surface area contributed by atoms with E-state index >= 15 is 0 Å². The summed E-state index contributed by atoms with van der Waals surface area (Å²) in [7, 11) is 0. The summed E-state index contributed by atoms with van der Waals surface area (Å²) in [5, 5.41) is 1.70. The zero-order valence-electron chi connectivity index (χ0n) is 8.00. The Labute approximate surface area is 95.8 Å². The van der Waals surface area contributed by atoms with E-state index in [1.807, 2.05) is 0 Å². The number of aromatic amines is 1. The Bertz CT molecular complexity index is 325. The summed E-state index contributed by atoms with van der Waals surface area (Å²) in [5.74, 6) is 1.61. The molecule has 0 saturated heterocycles. The molecule has 0 aliphatic carbocycles. The third kappa shape index (κ3) is 3.84. The average molecular weight is 277 g/mol. The SMILES string of the molecule is CCC(CBr)CSc1nccc(=O)[nH]1. The number of H-pyrrole nitrogens is 1. The molecule has 1 unspecified atom stereocenters. The van der Waals surface area contributed by atoms with E-state index < -0.39 is 0 Å². The van der Waals surface area contributed by atoms with Crippen molar-refractivity contribution in [3.05, 3.63) is 22.6 Å². The molecule has 0 saturated carbocycles. The molecule has 1 rings (SSSR count). The summed E-state index contributed by atoms with van der Waals surface area (Å²) >= 11 is 5.05. The quantitative estimate of drug-likeness (QED) is 0.510. The summed E-state index contributed by atoms with van der Waals surface area (Å²) in [5.41, 5.74) is -0.0885. The Morgan fingerprint density at radius 2 is 2.50 bits per heavy atom. The third-order valence-corrected chi connectivity index (χ3v) is 3.93. The molecule has 0 aliphatic heterocycles. The monoisotopic (exact) mass is 276 g/mol. The maximum atomic E-state index is 11.0. The highest BCUT2D eigenvalue weighted by Crippen LogP contribution is 2.18. The zero-order valence-corrected chi connectivity index (χ0v) is 10.4. The number of alkyl halides is 1. The fraction of sp³-hybridized carbons (Fsp3) is 0.556. The van der Waals surface area contributed by atoms with Crippen LogP contribution in [0.15, 0.2) is 22.2 Å². The standard InChI is InChI=1S/C9H13BrN2OS/c1-2-7(5-10)6-14-9-11-4-3-8(13)12-9/h3-4,7H,2,5-6H2,1H3,(H,11,12,13). The highest BCUT2D eigenvalue weighted by molar-refractivity contribution is 9.09. The molecule has 3 nitrogen and oxygen atoms in total. The van der Waals surface area contributed by atoms with Crippen molar-refractivity contribution in [2.24, 2.45) is 5.92 Å². The molecule has 14 heavy (non-hydrogen) atoms. The molecule has 0 amide bonds. The summed E-state index contributed by atoms with van der Waals surface area (Å²) < 4.78 is 0. The van der Waals surface area contributed by atoms with Crippen molar-refractivity contribution in [2.45, 2.75) is 18.5 Å². The van der Waals surface area contributed by atoms with Crippen LogP contribution in [0.3, 0.4) is 0 Å². The lowest BCUT2D eigenvalue weighted by atomic mass is 10.2. The van der Waals surface area contributed by atoms with E-state index in [0.717, 1.165) is 17.5 Å². The predicted molar refractivity (Wildman–Crippen MR) is 63.2 cm³/mol. The van der Waals surface area contributed by atoms with Gasteiger partial charge in [0.05, 0.1) is 0 Å². The normalized spacial score (nSPS) is 12.7. The molecule has 0 radical (unpaired) electrons. The lowest BCUT2D eigenvalue weighted by Crippen LogP contribution is -2.08. The number of hydrogen-bond acceptors (Lipinski definition) is 3. The van der Waals surface area contributed by atoms with Crippen molar-refractivity contribution in [3.63, 3.8) is 0 Å². The van der Waals surface area contributed by atoms with Crippen LogP contribution in [0.25, 0.3) is 0 Å². The zero-order chi connectivity index (χ0) is 10.4. The van der Waals surface area contributed by atoms with Crippen molar-refractivity contribution in [2.75, 3.05) is 11.1 Å². The molecule has 0 fully saturated rings. The molecule has 0 aliphatic rings. The lowest BCUT2D eigenvalue weighted by molar-refractivity contribution is 0.651. The molecule has 78 valence electrons. The second-order valence-corrected chi connectivity index (χ2v) is 4.64. The first-order valence-electron chi connectivity index (χ1n) is 4.50. The Morgan fingerprint density at radius 1 is 1.71 bits per heavy atom. The number of aromatic nitrogens is 2. The van der Waals surface area contributed by atoms with Gasteiger partial charge in [-0.2, -0.15) is 0 Å². The fourth-order valence-corrected chi connectivity index (χ4v) is 2.94. The summed E-state index contributed by atoms with van der Waals surface area (Å²) in [4.78, 5) is 17.7. The molecule has 1 N–H and O–H groups in total. The van der Waals surface area contributed by atoms with Gasteiger partial charge in [-0.3, -0.25) is 4.79 Å². The minimum atomic E-state index is -0.0885. The molecule has 1 aromatic heterocycles. The molecule has 1 aromatic rings. The van der Waals surface area contributed by atoms with Crippen LogP contribution in [-0.4, -0.2) is 21.1 Å². The first-order valence-corrected chi connectivity index (χ1v) is 6.61. The number of thioether (sulfide) groups is 1. The maximum Gasteiger partial charge on any atom is 0.251 e. The Morgan fingerprint density at radius 3 is 3.07 bits per heavy atom. The summed E-state index contributed by atoms with van der Waals surface area (Å²) in [6.07, 6.45) is 2.67. The van der Waals surface area contributed by atoms with E-state index in [0.29, 0.717) is 11.1 Å². The van der Waals surface area contributed by atoms with Crippen LogP contribution in [-0.2, 0) is 0 Å². The molecular weight excluding hydrogens is 264 g/mol. The Hall–Kier alpha value is -0.290. The van der Waals surface area contributed by atoms with Crippen LogP contribution in [0.2, 0.25) is 0 Å². The van der Waals surface area contributed by atoms with E-state index in [2.05, 4.69) is 32.8 Å². The van der Waals surface area contributed by atoms with Crippen LogP contribution >= 0.6 is 27.7 Å². The maximum absolute atomic E-state index is 11.0. The lowest BCUT2D eigenvalue weighted by Gasteiger charge is -2.09. The Balaban J connectivity index is 2.49. The van der Waals surface area contributed by atoms with Crippen molar-refractivity contribution in [1.82, 2.24) is 9.97 Å². The predicted octanol–water partition coefficient (Wildman–Crippen LogP) is 2.28. The van der Waals surface area contributed by atoms with Crippen LogP contribution in [0.1, 0.15) is 13.3 Å². The van der Waals surface area contributed by atoms with Gasteiger partial charge in [0.15, 0.2) is 5.16 Å². The molecule has 0 spiro atoms. The minimum Gasteiger partial charge on any atom is -0.301 e. The Kier molecular flexibility index (Phi) is 5.25. The first-order chi connectivity index (χ1) is 6.76. The number of hydrogen-bond donors (Lipinski definition) is 1. The van der Waals surface area contributed by atoms with Crippen LogP contribution in [0.5, 0.6) is 0 Å². The van der Waals surface area contributed by atoms with Crippen molar-refractivity contribution >= 4 is 27.7 Å². The van der Waals surface area contributed by atoms with Gasteiger partial charge in [-0.25, -0.2) is 4.98 Å². The van der Waals surface area contributed by atoms with E-state index in [-0.39, 0.29) is 5.56 Å². The average Bonchev–Trinajstić information content (AvgIpc) is 2.19. The number of nitrogens with zero attached hydrogens (tertiary/aromatic N) is 1. The van der Waals surface area contributed by atoms with Gasteiger partial charge in [0.2, 0.25) is 0 Å². The molecule has 0 bridgehead atoms. The third-order valence-electron chi connectivity index (χ3n) is 1.90. The summed E-state index contributed by atoms with van der Waals surface area (Å²) in [6.45, 7) is 2.16. The van der Waals surface area contributed by atoms with Crippen LogP contribution in [0.4, 0.5) is 0 Å². The van der Waals surface area contributed by atoms with E-state index in [1.165, 1.54) is 12.3 Å². The summed E-state index contributed by atoms with van der Waals surface area (Å²) in [6, 6.07) is 1.42. The van der Waals surface area contributed by atoms with Crippen LogP contribution in [0, 0.1) is 5.92 Å². The van der Waals surface area contributed by atoms with Crippen molar-refractivity contribution in [3.8, 4) is 0 Å². The molecule has 1 atom stereocenters. The van der Waals surface area contributed by atoms with Crippen molar-refractivity contribution < 1.29 is 0 Å². The second-order valence-electron chi connectivity index (χ2n) is 2.98. The van der Waals surface area contributed by atoms with Gasteiger partial charge >= 0.3 is 0 Å². The highest BCUT2D eigenvalue weighted by atomic mass is 79.9. The second kappa shape index (κ2) is 6.24. The first kappa shape index (κ1) is 11.8. The molecule has 0 aromatic carbocycles. The fourth-order valence-electron chi connectivity index (χ4n) is 0.894. The van der Waals surface area contributed by atoms with Gasteiger partial charge in [-0.15, -0.1) is 0 Å². The number of rotatable bonds is 5. The van der Waals surface area contributed by atoms with E-state index in [1.54, 1.807) is 11.8 Å². The van der Waals surface area contributed by atoms with Gasteiger partial charge < -0.3 is 4.98 Å². The number of nitrogens with one attached hydrogen (secondary N) is 1. The van der Waals surface area contributed by atoms with Crippen molar-refractivity contribution in [1.29, 1.82) is 0 Å². The van der Waals surface area contributed by atoms with E-state index in [9.17, 15) is 4.79 Å². The topological polar surface area (TPSA) is 45.8 Å². The minimum absolute atomic E-state index is 0.0885. The molecular formula is C9H13BrN2OS. The van der Waals surface area contributed by atoms with Gasteiger partial charge in [0.1, 0.15) is 0 Å². The molecule has 5 heteroatoms.